The molecule has 0 aliphatic rings. The van der Waals surface area contributed by atoms with Gasteiger partial charge < -0.3 is 4.90 Å². The molecule has 0 aliphatic carbocycles. The molecule has 0 saturated heterocycles. The van der Waals surface area contributed by atoms with Crippen LogP contribution in [0, 0.1) is 0 Å². The zero-order valence-electron chi connectivity index (χ0n) is 9.63. The van der Waals surface area contributed by atoms with Crippen LogP contribution in [0.15, 0.2) is 0 Å². The minimum Gasteiger partial charge on any atom is -0.305 e. The van der Waals surface area contributed by atoms with Gasteiger partial charge in [0.05, 0.1) is 0 Å². The summed E-state index contributed by atoms with van der Waals surface area (Å²) in [5.41, 5.74) is 0. The molecule has 0 amide bonds. The van der Waals surface area contributed by atoms with Crippen molar-refractivity contribution in [2.45, 2.75) is 45.8 Å². The highest BCUT2D eigenvalue weighted by Crippen LogP contribution is 2.08. The fraction of sp³-hybridized carbons (Fsp3) is 1.00. The molecule has 0 aromatic heterocycles. The van der Waals surface area contributed by atoms with E-state index in [0.717, 1.165) is 0 Å². The van der Waals surface area contributed by atoms with Crippen LogP contribution in [0.5, 0.6) is 0 Å². The van der Waals surface area contributed by atoms with Crippen LogP contribution in [0.1, 0.15) is 27.7 Å². The zero-order chi connectivity index (χ0) is 9.89. The summed E-state index contributed by atoms with van der Waals surface area (Å²) in [5, 5.41) is 0. The first kappa shape index (κ1) is 11.9. The van der Waals surface area contributed by atoms with Gasteiger partial charge in [-0.2, -0.15) is 0 Å². The Morgan fingerprint density at radius 3 is 1.42 bits per heavy atom. The third kappa shape index (κ3) is 3.11. The third-order valence-electron chi connectivity index (χ3n) is 2.97. The molecule has 0 bridgehead atoms. The number of nitrogens with zero attached hydrogens (tertiary/aromatic N) is 2. The van der Waals surface area contributed by atoms with E-state index >= 15 is 0 Å². The SMILES string of the molecule is CC(C(C)N(C)C(C)C)N(C)C. The van der Waals surface area contributed by atoms with Gasteiger partial charge in [0.2, 0.25) is 0 Å². The second-order valence-electron chi connectivity index (χ2n) is 4.20. The minimum absolute atomic E-state index is 0.609. The largest absolute Gasteiger partial charge is 0.305 e. The van der Waals surface area contributed by atoms with Crippen LogP contribution < -0.4 is 0 Å². The highest BCUT2D eigenvalue weighted by Gasteiger charge is 2.19. The maximum Gasteiger partial charge on any atom is 0.0220 e. The molecule has 0 spiro atoms. The lowest BCUT2D eigenvalue weighted by Gasteiger charge is -2.35. The van der Waals surface area contributed by atoms with Crippen LogP contribution in [0.25, 0.3) is 0 Å². The lowest BCUT2D eigenvalue weighted by molar-refractivity contribution is 0.126. The molecule has 0 aromatic rings. The van der Waals surface area contributed by atoms with Crippen LogP contribution in [0.4, 0.5) is 0 Å². The van der Waals surface area contributed by atoms with Gasteiger partial charge in [-0.15, -0.1) is 0 Å². The first-order chi connectivity index (χ1) is 5.37. The Balaban J connectivity index is 4.08. The van der Waals surface area contributed by atoms with E-state index in [1.807, 2.05) is 0 Å². The number of rotatable bonds is 4. The van der Waals surface area contributed by atoms with E-state index < -0.39 is 0 Å². The first-order valence-corrected chi connectivity index (χ1v) is 4.76. The molecule has 74 valence electrons. The number of hydrogen-bond donors (Lipinski definition) is 0. The van der Waals surface area contributed by atoms with E-state index in [2.05, 4.69) is 58.6 Å². The molecule has 0 aliphatic heterocycles. The third-order valence-corrected chi connectivity index (χ3v) is 2.97. The molecule has 0 rings (SSSR count). The van der Waals surface area contributed by atoms with Gasteiger partial charge in [-0.1, -0.05) is 0 Å². The molecule has 0 radical (unpaired) electrons. The summed E-state index contributed by atoms with van der Waals surface area (Å²) >= 11 is 0. The fourth-order valence-corrected chi connectivity index (χ4v) is 1.24. The molecule has 2 heteroatoms. The van der Waals surface area contributed by atoms with Crippen molar-refractivity contribution in [1.29, 1.82) is 0 Å². The summed E-state index contributed by atoms with van der Waals surface area (Å²) in [6, 6.07) is 1.85. The van der Waals surface area contributed by atoms with Crippen molar-refractivity contribution < 1.29 is 0 Å². The summed E-state index contributed by atoms with van der Waals surface area (Å²) < 4.78 is 0. The maximum absolute atomic E-state index is 2.41. The predicted molar refractivity (Wildman–Crippen MR) is 55.5 cm³/mol. The van der Waals surface area contributed by atoms with Gasteiger partial charge in [0.25, 0.3) is 0 Å². The Labute approximate surface area is 77.5 Å². The van der Waals surface area contributed by atoms with Crippen molar-refractivity contribution in [3.8, 4) is 0 Å². The predicted octanol–water partition coefficient (Wildman–Crippen LogP) is 1.67. The average Bonchev–Trinajstić information content (AvgIpc) is 2.00. The van der Waals surface area contributed by atoms with E-state index in [1.54, 1.807) is 0 Å². The second kappa shape index (κ2) is 4.83. The quantitative estimate of drug-likeness (QED) is 0.636. The van der Waals surface area contributed by atoms with Gasteiger partial charge in [0.1, 0.15) is 0 Å². The molecule has 12 heavy (non-hydrogen) atoms. The summed E-state index contributed by atoms with van der Waals surface area (Å²) in [6.07, 6.45) is 0. The van der Waals surface area contributed by atoms with Crippen molar-refractivity contribution >= 4 is 0 Å². The van der Waals surface area contributed by atoms with E-state index in [0.29, 0.717) is 18.1 Å². The van der Waals surface area contributed by atoms with E-state index in [-0.39, 0.29) is 0 Å². The van der Waals surface area contributed by atoms with Gasteiger partial charge in [0.15, 0.2) is 0 Å². The standard InChI is InChI=1S/C10H24N2/c1-8(2)12(7)10(4)9(3)11(5)6/h8-10H,1-7H3. The Morgan fingerprint density at radius 2 is 1.17 bits per heavy atom. The van der Waals surface area contributed by atoms with Gasteiger partial charge >= 0.3 is 0 Å². The molecule has 2 atom stereocenters. The number of hydrogen-bond acceptors (Lipinski definition) is 2. The lowest BCUT2D eigenvalue weighted by Crippen LogP contribution is -2.47. The molecule has 0 saturated carbocycles. The Bertz CT molecular complexity index is 107. The van der Waals surface area contributed by atoms with Crippen molar-refractivity contribution in [3.05, 3.63) is 0 Å². The van der Waals surface area contributed by atoms with E-state index in [4.69, 9.17) is 0 Å². The van der Waals surface area contributed by atoms with Gasteiger partial charge in [0, 0.05) is 18.1 Å². The normalized spacial score (nSPS) is 17.5. The lowest BCUT2D eigenvalue weighted by atomic mass is 10.1. The summed E-state index contributed by atoms with van der Waals surface area (Å²) in [4.78, 5) is 4.67. The molecular formula is C10H24N2. The van der Waals surface area contributed by atoms with Crippen molar-refractivity contribution in [2.24, 2.45) is 0 Å². The zero-order valence-corrected chi connectivity index (χ0v) is 9.63. The number of likely N-dealkylation sites (N-methyl/N-ethyl adjacent to an activating group) is 2. The van der Waals surface area contributed by atoms with Crippen LogP contribution in [-0.4, -0.2) is 49.1 Å². The topological polar surface area (TPSA) is 6.48 Å². The smallest absolute Gasteiger partial charge is 0.0220 e. The first-order valence-electron chi connectivity index (χ1n) is 4.76. The van der Waals surface area contributed by atoms with Gasteiger partial charge in [-0.3, -0.25) is 4.90 Å². The summed E-state index contributed by atoms with van der Waals surface area (Å²) in [7, 11) is 6.46. The maximum atomic E-state index is 2.41. The van der Waals surface area contributed by atoms with E-state index in [9.17, 15) is 0 Å². The van der Waals surface area contributed by atoms with Crippen LogP contribution in [-0.2, 0) is 0 Å². The van der Waals surface area contributed by atoms with E-state index in [1.165, 1.54) is 0 Å². The summed E-state index contributed by atoms with van der Waals surface area (Å²) in [5.74, 6) is 0. The summed E-state index contributed by atoms with van der Waals surface area (Å²) in [6.45, 7) is 9.02. The molecule has 0 N–H and O–H groups in total. The fourth-order valence-electron chi connectivity index (χ4n) is 1.24. The molecule has 2 nitrogen and oxygen atoms in total. The molecule has 0 fully saturated rings. The molecular weight excluding hydrogens is 148 g/mol. The Morgan fingerprint density at radius 1 is 0.750 bits per heavy atom. The van der Waals surface area contributed by atoms with Crippen molar-refractivity contribution in [3.63, 3.8) is 0 Å². The van der Waals surface area contributed by atoms with Gasteiger partial charge in [-0.05, 0) is 48.8 Å². The second-order valence-corrected chi connectivity index (χ2v) is 4.20. The van der Waals surface area contributed by atoms with Crippen LogP contribution in [0.2, 0.25) is 0 Å². The van der Waals surface area contributed by atoms with Crippen molar-refractivity contribution in [1.82, 2.24) is 9.80 Å². The molecule has 2 unspecified atom stereocenters. The Kier molecular flexibility index (Phi) is 4.80. The monoisotopic (exact) mass is 172 g/mol. The highest BCUT2D eigenvalue weighted by atomic mass is 15.2. The highest BCUT2D eigenvalue weighted by molar-refractivity contribution is 4.77. The average molecular weight is 172 g/mol. The van der Waals surface area contributed by atoms with Gasteiger partial charge in [-0.25, -0.2) is 0 Å². The van der Waals surface area contributed by atoms with Crippen LogP contribution in [0.3, 0.4) is 0 Å². The molecule has 0 aromatic carbocycles. The minimum atomic E-state index is 0.609. The molecule has 0 heterocycles. The Hall–Kier alpha value is -0.0800. The van der Waals surface area contributed by atoms with Crippen molar-refractivity contribution in [2.75, 3.05) is 21.1 Å². The van der Waals surface area contributed by atoms with Crippen LogP contribution >= 0.6 is 0 Å².